The quantitative estimate of drug-likeness (QED) is 0.909. The molecule has 0 aliphatic heterocycles. The average molecular weight is 332 g/mol. The molecule has 5 nitrogen and oxygen atoms in total. The minimum atomic E-state index is -1.52. The van der Waals surface area contributed by atoms with Crippen LogP contribution in [-0.4, -0.2) is 34.2 Å². The van der Waals surface area contributed by atoms with Crippen LogP contribution in [0.5, 0.6) is 0 Å². The third-order valence-corrected chi connectivity index (χ3v) is 3.08. The Hall–Kier alpha value is -1.82. The van der Waals surface area contributed by atoms with E-state index in [0.29, 0.717) is 0 Å². The molecule has 122 valence electrons. The number of hydrogen-bond donors (Lipinski definition) is 1. The molecule has 1 atom stereocenters. The minimum Gasteiger partial charge on any atom is -0.479 e. The number of nitrogens with zero attached hydrogens (tertiary/aromatic N) is 1. The van der Waals surface area contributed by atoms with E-state index in [4.69, 9.17) is 16.3 Å². The molecule has 0 bridgehead atoms. The fraction of sp³-hybridized carbons (Fsp3) is 0.467. The van der Waals surface area contributed by atoms with Gasteiger partial charge in [0.1, 0.15) is 11.4 Å². The summed E-state index contributed by atoms with van der Waals surface area (Å²) >= 11 is 5.69. The molecule has 0 spiro atoms. The van der Waals surface area contributed by atoms with Crippen molar-refractivity contribution in [2.75, 3.05) is 6.54 Å². The van der Waals surface area contributed by atoms with Gasteiger partial charge in [-0.3, -0.25) is 4.90 Å². The van der Waals surface area contributed by atoms with Gasteiger partial charge in [-0.15, -0.1) is 0 Å². The molecule has 22 heavy (non-hydrogen) atoms. The van der Waals surface area contributed by atoms with Gasteiger partial charge in [0.25, 0.3) is 0 Å². The zero-order valence-electron chi connectivity index (χ0n) is 12.9. The zero-order chi connectivity index (χ0) is 17.1. The molecule has 0 heterocycles. The molecule has 1 unspecified atom stereocenters. The van der Waals surface area contributed by atoms with E-state index in [-0.39, 0.29) is 17.1 Å². The molecule has 1 N–H and O–H groups in total. The van der Waals surface area contributed by atoms with Crippen molar-refractivity contribution in [1.29, 1.82) is 0 Å². The molecule has 0 aromatic heterocycles. The van der Waals surface area contributed by atoms with Gasteiger partial charge in [-0.2, -0.15) is 0 Å². The highest BCUT2D eigenvalue weighted by Gasteiger charge is 2.35. The first-order valence-corrected chi connectivity index (χ1v) is 7.12. The summed E-state index contributed by atoms with van der Waals surface area (Å²) in [7, 11) is 0. The van der Waals surface area contributed by atoms with E-state index in [0.717, 1.165) is 4.90 Å². The van der Waals surface area contributed by atoms with Crippen LogP contribution < -0.4 is 0 Å². The first-order chi connectivity index (χ1) is 10.1. The Morgan fingerprint density at radius 3 is 2.45 bits per heavy atom. The third-order valence-electron chi connectivity index (χ3n) is 2.79. The molecule has 0 saturated heterocycles. The minimum absolute atomic E-state index is 0.0395. The van der Waals surface area contributed by atoms with Gasteiger partial charge in [-0.25, -0.2) is 14.0 Å². The number of carbonyl (C=O) groups excluding carboxylic acids is 1. The number of rotatable bonds is 4. The molecule has 0 saturated carbocycles. The summed E-state index contributed by atoms with van der Waals surface area (Å²) < 4.78 is 19.3. The molecule has 7 heteroatoms. The zero-order valence-corrected chi connectivity index (χ0v) is 13.6. The molecule has 0 radical (unpaired) electrons. The van der Waals surface area contributed by atoms with Crippen LogP contribution in [0.1, 0.15) is 39.3 Å². The predicted octanol–water partition coefficient (Wildman–Crippen LogP) is 3.86. The van der Waals surface area contributed by atoms with Crippen molar-refractivity contribution in [3.8, 4) is 0 Å². The van der Waals surface area contributed by atoms with Gasteiger partial charge in [0, 0.05) is 12.1 Å². The maximum Gasteiger partial charge on any atom is 0.411 e. The van der Waals surface area contributed by atoms with Crippen LogP contribution in [-0.2, 0) is 9.53 Å². The number of carboxylic acids is 1. The number of carbonyl (C=O) groups is 2. The maximum atomic E-state index is 14.1. The van der Waals surface area contributed by atoms with Gasteiger partial charge < -0.3 is 9.84 Å². The van der Waals surface area contributed by atoms with Crippen molar-refractivity contribution in [3.63, 3.8) is 0 Å². The topological polar surface area (TPSA) is 66.8 Å². The first kappa shape index (κ1) is 18.2. The van der Waals surface area contributed by atoms with Crippen molar-refractivity contribution < 1.29 is 23.8 Å². The highest BCUT2D eigenvalue weighted by Crippen LogP contribution is 2.29. The molecule has 0 aliphatic rings. The second kappa shape index (κ2) is 6.96. The predicted molar refractivity (Wildman–Crippen MR) is 80.4 cm³/mol. The van der Waals surface area contributed by atoms with E-state index in [9.17, 15) is 19.1 Å². The van der Waals surface area contributed by atoms with Crippen molar-refractivity contribution in [3.05, 3.63) is 34.6 Å². The second-order valence-electron chi connectivity index (χ2n) is 5.65. The molecule has 1 aromatic carbocycles. The largest absolute Gasteiger partial charge is 0.479 e. The third kappa shape index (κ3) is 4.34. The number of hydrogen-bond acceptors (Lipinski definition) is 3. The second-order valence-corrected chi connectivity index (χ2v) is 6.06. The van der Waals surface area contributed by atoms with Crippen molar-refractivity contribution in [2.24, 2.45) is 0 Å². The smallest absolute Gasteiger partial charge is 0.411 e. The van der Waals surface area contributed by atoms with Gasteiger partial charge in [-0.05, 0) is 33.8 Å². The van der Waals surface area contributed by atoms with E-state index < -0.39 is 29.5 Å². The summed E-state index contributed by atoms with van der Waals surface area (Å²) in [6, 6.07) is 2.51. The van der Waals surface area contributed by atoms with E-state index >= 15 is 0 Å². The number of benzene rings is 1. The summed E-state index contributed by atoms with van der Waals surface area (Å²) in [5.74, 6) is -2.23. The lowest BCUT2D eigenvalue weighted by Gasteiger charge is -2.31. The Balaban J connectivity index is 3.25. The Morgan fingerprint density at radius 1 is 1.41 bits per heavy atom. The molecular formula is C15H19ClFNO4. The summed E-state index contributed by atoms with van der Waals surface area (Å²) in [4.78, 5) is 24.7. The summed E-state index contributed by atoms with van der Waals surface area (Å²) in [6.07, 6.45) is -0.832. The Labute approximate surface area is 133 Å². The normalized spacial score (nSPS) is 12.6. The van der Waals surface area contributed by atoms with Crippen molar-refractivity contribution in [2.45, 2.75) is 39.3 Å². The van der Waals surface area contributed by atoms with Crippen LogP contribution in [0, 0.1) is 5.82 Å². The lowest BCUT2D eigenvalue weighted by Crippen LogP contribution is -2.42. The first-order valence-electron chi connectivity index (χ1n) is 6.74. The Kier molecular flexibility index (Phi) is 5.77. The number of carboxylic acid groups (broad SMARTS) is 1. The molecule has 1 rings (SSSR count). The number of aliphatic carboxylic acids is 1. The van der Waals surface area contributed by atoms with Gasteiger partial charge in [0.15, 0.2) is 6.04 Å². The van der Waals surface area contributed by atoms with Crippen LogP contribution >= 0.6 is 11.6 Å². The van der Waals surface area contributed by atoms with E-state index in [2.05, 4.69) is 0 Å². The van der Waals surface area contributed by atoms with E-state index in [1.807, 2.05) is 0 Å². The van der Waals surface area contributed by atoms with Gasteiger partial charge in [0.2, 0.25) is 0 Å². The van der Waals surface area contributed by atoms with Crippen molar-refractivity contribution >= 4 is 23.7 Å². The summed E-state index contributed by atoms with van der Waals surface area (Å²) in [5.41, 5.74) is -0.979. The number of halogens is 2. The van der Waals surface area contributed by atoms with E-state index in [1.54, 1.807) is 27.7 Å². The Bertz CT molecular complexity index is 571. The van der Waals surface area contributed by atoms with Crippen LogP contribution in [0.15, 0.2) is 18.2 Å². The average Bonchev–Trinajstić information content (AvgIpc) is 2.37. The molecule has 1 amide bonds. The van der Waals surface area contributed by atoms with Crippen LogP contribution in [0.4, 0.5) is 9.18 Å². The fourth-order valence-electron chi connectivity index (χ4n) is 1.90. The summed E-state index contributed by atoms with van der Waals surface area (Å²) in [5, 5.41) is 9.23. The van der Waals surface area contributed by atoms with Gasteiger partial charge in [-0.1, -0.05) is 23.7 Å². The standard InChI is InChI=1S/C15H19ClFNO4/c1-5-18(14(21)22-15(2,3)4)12(13(19)20)9-7-6-8-10(16)11(9)17/h6-8,12H,5H2,1-4H3,(H,19,20). The highest BCUT2D eigenvalue weighted by atomic mass is 35.5. The monoisotopic (exact) mass is 331 g/mol. The number of ether oxygens (including phenoxy) is 1. The number of amides is 1. The highest BCUT2D eigenvalue weighted by molar-refractivity contribution is 6.30. The fourth-order valence-corrected chi connectivity index (χ4v) is 2.09. The summed E-state index contributed by atoms with van der Waals surface area (Å²) in [6.45, 7) is 6.61. The molecule has 0 fully saturated rings. The molecule has 1 aromatic rings. The Morgan fingerprint density at radius 2 is 2.00 bits per heavy atom. The van der Waals surface area contributed by atoms with E-state index in [1.165, 1.54) is 18.2 Å². The molecular weight excluding hydrogens is 313 g/mol. The SMILES string of the molecule is CCN(C(=O)OC(C)(C)C)C(C(=O)O)c1cccc(Cl)c1F. The van der Waals surface area contributed by atoms with Gasteiger partial charge in [0.05, 0.1) is 5.02 Å². The lowest BCUT2D eigenvalue weighted by atomic mass is 10.0. The van der Waals surface area contributed by atoms with Crippen LogP contribution in [0.2, 0.25) is 5.02 Å². The number of likely N-dealkylation sites (N-methyl/N-ethyl adjacent to an activating group) is 1. The van der Waals surface area contributed by atoms with Crippen LogP contribution in [0.3, 0.4) is 0 Å². The van der Waals surface area contributed by atoms with Gasteiger partial charge >= 0.3 is 12.1 Å². The van der Waals surface area contributed by atoms with Crippen LogP contribution in [0.25, 0.3) is 0 Å². The van der Waals surface area contributed by atoms with Crippen molar-refractivity contribution in [1.82, 2.24) is 4.90 Å². The lowest BCUT2D eigenvalue weighted by molar-refractivity contribution is -0.143. The maximum absolute atomic E-state index is 14.1. The molecule has 0 aliphatic carbocycles.